The molecule has 0 spiro atoms. The lowest BCUT2D eigenvalue weighted by Gasteiger charge is -2.07. The summed E-state index contributed by atoms with van der Waals surface area (Å²) in [6, 6.07) is 5.53. The van der Waals surface area contributed by atoms with Crippen molar-refractivity contribution in [2.75, 3.05) is 25.2 Å². The van der Waals surface area contributed by atoms with Gasteiger partial charge in [-0.3, -0.25) is 4.79 Å². The average molecular weight is 295 g/mol. The number of carbonyl (C=O) groups excluding carboxylic acids is 1. The van der Waals surface area contributed by atoms with Crippen molar-refractivity contribution >= 4 is 47.4 Å². The molecule has 0 saturated carbocycles. The Hall–Kier alpha value is -0.420. The second-order valence-corrected chi connectivity index (χ2v) is 4.51. The first-order chi connectivity index (χ1) is 7.67. The van der Waals surface area contributed by atoms with Crippen LogP contribution >= 0.6 is 35.8 Å². The topological polar surface area (TPSA) is 41.1 Å². The van der Waals surface area contributed by atoms with Crippen LogP contribution in [0.25, 0.3) is 0 Å². The normalized spacial score (nSPS) is 9.59. The summed E-state index contributed by atoms with van der Waals surface area (Å²) in [6.45, 7) is 0.669. The monoisotopic (exact) mass is 294 g/mol. The number of thioether (sulfide) groups is 1. The van der Waals surface area contributed by atoms with E-state index in [0.717, 1.165) is 10.6 Å². The van der Waals surface area contributed by atoms with Crippen LogP contribution in [0.1, 0.15) is 6.42 Å². The van der Waals surface area contributed by atoms with Crippen LogP contribution in [0.5, 0.6) is 0 Å². The van der Waals surface area contributed by atoms with E-state index in [-0.39, 0.29) is 18.3 Å². The summed E-state index contributed by atoms with van der Waals surface area (Å²) in [5.74, 6) is -0.0117. The minimum Gasteiger partial charge on any atom is -0.326 e. The van der Waals surface area contributed by atoms with Gasteiger partial charge in [0.2, 0.25) is 5.91 Å². The van der Waals surface area contributed by atoms with Crippen LogP contribution in [0.2, 0.25) is 5.02 Å². The summed E-state index contributed by atoms with van der Waals surface area (Å²) < 4.78 is 0. The Balaban J connectivity index is 0.00000256. The number of anilines is 1. The minimum absolute atomic E-state index is 0. The Labute approximate surface area is 117 Å². The summed E-state index contributed by atoms with van der Waals surface area (Å²) in [5, 5.41) is 6.39. The van der Waals surface area contributed by atoms with Gasteiger partial charge in [-0.25, -0.2) is 0 Å². The molecule has 0 aliphatic carbocycles. The summed E-state index contributed by atoms with van der Waals surface area (Å²) in [7, 11) is 1.82. The highest BCUT2D eigenvalue weighted by Crippen LogP contribution is 2.27. The summed E-state index contributed by atoms with van der Waals surface area (Å²) >= 11 is 7.62. The standard InChI is InChI=1S/C11H15ClN2OS.ClH/c1-13-6-5-11(15)14-8-3-4-10(16-2)9(12)7-8;/h3-4,7,13H,5-6H2,1-2H3,(H,14,15);1H. The van der Waals surface area contributed by atoms with Crippen LogP contribution in [-0.4, -0.2) is 25.8 Å². The Morgan fingerprint density at radius 1 is 1.47 bits per heavy atom. The van der Waals surface area contributed by atoms with Gasteiger partial charge in [0.25, 0.3) is 0 Å². The highest BCUT2D eigenvalue weighted by Gasteiger charge is 2.04. The molecule has 0 aliphatic rings. The van der Waals surface area contributed by atoms with Gasteiger partial charge in [0.1, 0.15) is 0 Å². The molecule has 0 heterocycles. The van der Waals surface area contributed by atoms with Crippen molar-refractivity contribution in [2.24, 2.45) is 0 Å². The number of hydrogen-bond acceptors (Lipinski definition) is 3. The van der Waals surface area contributed by atoms with Crippen LogP contribution in [0, 0.1) is 0 Å². The van der Waals surface area contributed by atoms with E-state index in [1.165, 1.54) is 0 Å². The molecule has 0 unspecified atom stereocenters. The fraction of sp³-hybridized carbons (Fsp3) is 0.364. The van der Waals surface area contributed by atoms with Gasteiger partial charge < -0.3 is 10.6 Å². The molecule has 1 aromatic rings. The Morgan fingerprint density at radius 3 is 2.71 bits per heavy atom. The van der Waals surface area contributed by atoms with Crippen molar-refractivity contribution in [3.63, 3.8) is 0 Å². The van der Waals surface area contributed by atoms with Crippen LogP contribution in [-0.2, 0) is 4.79 Å². The average Bonchev–Trinajstić information content (AvgIpc) is 2.26. The van der Waals surface area contributed by atoms with Gasteiger partial charge in [0.15, 0.2) is 0 Å². The van der Waals surface area contributed by atoms with E-state index in [1.54, 1.807) is 17.8 Å². The number of amides is 1. The maximum atomic E-state index is 11.4. The zero-order chi connectivity index (χ0) is 12.0. The smallest absolute Gasteiger partial charge is 0.225 e. The maximum Gasteiger partial charge on any atom is 0.225 e. The number of carbonyl (C=O) groups is 1. The van der Waals surface area contributed by atoms with Crippen molar-refractivity contribution in [1.82, 2.24) is 5.32 Å². The molecular weight excluding hydrogens is 279 g/mol. The molecule has 0 fully saturated rings. The largest absolute Gasteiger partial charge is 0.326 e. The Kier molecular flexibility index (Phi) is 8.43. The molecule has 3 nitrogen and oxygen atoms in total. The van der Waals surface area contributed by atoms with E-state index in [4.69, 9.17) is 11.6 Å². The predicted octanol–water partition coefficient (Wildman–Crippen LogP) is 3.03. The molecular formula is C11H16Cl2N2OS. The second-order valence-electron chi connectivity index (χ2n) is 3.25. The fourth-order valence-electron chi connectivity index (χ4n) is 1.21. The van der Waals surface area contributed by atoms with E-state index in [0.29, 0.717) is 18.0 Å². The zero-order valence-corrected chi connectivity index (χ0v) is 12.1. The molecule has 1 aromatic carbocycles. The summed E-state index contributed by atoms with van der Waals surface area (Å²) in [6.07, 6.45) is 2.42. The molecule has 1 rings (SSSR count). The second kappa shape index (κ2) is 8.64. The third kappa shape index (κ3) is 5.64. The van der Waals surface area contributed by atoms with Gasteiger partial charge in [0, 0.05) is 23.5 Å². The van der Waals surface area contributed by atoms with Gasteiger partial charge >= 0.3 is 0 Å². The van der Waals surface area contributed by atoms with Crippen molar-refractivity contribution in [2.45, 2.75) is 11.3 Å². The van der Waals surface area contributed by atoms with Gasteiger partial charge in [-0.15, -0.1) is 24.2 Å². The van der Waals surface area contributed by atoms with Crippen LogP contribution in [0.15, 0.2) is 23.1 Å². The molecule has 0 atom stereocenters. The van der Waals surface area contributed by atoms with Crippen LogP contribution < -0.4 is 10.6 Å². The minimum atomic E-state index is -0.0117. The number of hydrogen-bond donors (Lipinski definition) is 2. The molecule has 6 heteroatoms. The zero-order valence-electron chi connectivity index (χ0n) is 9.75. The summed E-state index contributed by atoms with van der Waals surface area (Å²) in [4.78, 5) is 12.4. The molecule has 2 N–H and O–H groups in total. The lowest BCUT2D eigenvalue weighted by molar-refractivity contribution is -0.116. The van der Waals surface area contributed by atoms with Crippen molar-refractivity contribution in [3.05, 3.63) is 23.2 Å². The van der Waals surface area contributed by atoms with Gasteiger partial charge in [0.05, 0.1) is 5.02 Å². The highest BCUT2D eigenvalue weighted by atomic mass is 35.5. The molecule has 0 radical (unpaired) electrons. The van der Waals surface area contributed by atoms with Gasteiger partial charge in [-0.1, -0.05) is 11.6 Å². The van der Waals surface area contributed by atoms with Crippen molar-refractivity contribution in [1.29, 1.82) is 0 Å². The third-order valence-corrected chi connectivity index (χ3v) is 3.26. The number of rotatable bonds is 5. The van der Waals surface area contributed by atoms with Crippen LogP contribution in [0.4, 0.5) is 5.69 Å². The number of nitrogens with one attached hydrogen (secondary N) is 2. The molecule has 0 bridgehead atoms. The first-order valence-corrected chi connectivity index (χ1v) is 6.55. The van der Waals surface area contributed by atoms with Crippen molar-refractivity contribution < 1.29 is 4.79 Å². The number of halogens is 2. The highest BCUT2D eigenvalue weighted by molar-refractivity contribution is 7.98. The predicted molar refractivity (Wildman–Crippen MR) is 77.7 cm³/mol. The Morgan fingerprint density at radius 2 is 2.18 bits per heavy atom. The van der Waals surface area contributed by atoms with Gasteiger partial charge in [-0.05, 0) is 31.5 Å². The van der Waals surface area contributed by atoms with Crippen LogP contribution in [0.3, 0.4) is 0 Å². The molecule has 17 heavy (non-hydrogen) atoms. The van der Waals surface area contributed by atoms with E-state index >= 15 is 0 Å². The molecule has 96 valence electrons. The van der Waals surface area contributed by atoms with E-state index < -0.39 is 0 Å². The summed E-state index contributed by atoms with van der Waals surface area (Å²) in [5.41, 5.74) is 0.740. The van der Waals surface area contributed by atoms with E-state index in [9.17, 15) is 4.79 Å². The van der Waals surface area contributed by atoms with Gasteiger partial charge in [-0.2, -0.15) is 0 Å². The lowest BCUT2D eigenvalue weighted by atomic mass is 10.3. The molecule has 0 aliphatic heterocycles. The first-order valence-electron chi connectivity index (χ1n) is 4.95. The molecule has 0 saturated heterocycles. The SMILES string of the molecule is CNCCC(=O)Nc1ccc(SC)c(Cl)c1.Cl. The van der Waals surface area contributed by atoms with E-state index in [2.05, 4.69) is 10.6 Å². The lowest BCUT2D eigenvalue weighted by Crippen LogP contribution is -2.18. The number of benzene rings is 1. The molecule has 0 aromatic heterocycles. The van der Waals surface area contributed by atoms with Crippen molar-refractivity contribution in [3.8, 4) is 0 Å². The third-order valence-electron chi connectivity index (χ3n) is 2.04. The Bertz CT molecular complexity index is 374. The molecule has 1 amide bonds. The van der Waals surface area contributed by atoms with E-state index in [1.807, 2.05) is 25.4 Å². The first kappa shape index (κ1) is 16.6. The maximum absolute atomic E-state index is 11.4. The fourth-order valence-corrected chi connectivity index (χ4v) is 2.08. The quantitative estimate of drug-likeness (QED) is 0.820.